The second-order valence-electron chi connectivity index (χ2n) is 4.48. The topological polar surface area (TPSA) is 59.2 Å². The molecule has 6 heteroatoms. The Morgan fingerprint density at radius 3 is 2.62 bits per heavy atom. The van der Waals surface area contributed by atoms with Gasteiger partial charge in [-0.2, -0.15) is 4.98 Å². The lowest BCUT2D eigenvalue weighted by atomic mass is 10.1. The largest absolute Gasteiger partial charge is 0.508 e. The number of rotatable bonds is 3. The Balaban J connectivity index is 1.82. The van der Waals surface area contributed by atoms with Crippen LogP contribution in [0, 0.1) is 5.82 Å². The van der Waals surface area contributed by atoms with Gasteiger partial charge in [-0.1, -0.05) is 17.3 Å². The van der Waals surface area contributed by atoms with E-state index in [0.29, 0.717) is 28.2 Å². The van der Waals surface area contributed by atoms with Crippen LogP contribution < -0.4 is 0 Å². The molecule has 1 aromatic heterocycles. The maximum absolute atomic E-state index is 13.2. The van der Waals surface area contributed by atoms with E-state index in [4.69, 9.17) is 4.52 Å². The molecule has 2 aromatic carbocycles. The van der Waals surface area contributed by atoms with Gasteiger partial charge in [0.2, 0.25) is 11.7 Å². The van der Waals surface area contributed by atoms with Gasteiger partial charge in [0.05, 0.1) is 10.9 Å². The number of hydrogen-bond donors (Lipinski definition) is 1. The molecule has 3 aromatic rings. The van der Waals surface area contributed by atoms with Crippen molar-refractivity contribution in [3.63, 3.8) is 0 Å². The molecule has 0 bridgehead atoms. The van der Waals surface area contributed by atoms with Gasteiger partial charge >= 0.3 is 0 Å². The molecule has 21 heavy (non-hydrogen) atoms. The van der Waals surface area contributed by atoms with Crippen molar-refractivity contribution in [1.82, 2.24) is 10.1 Å². The number of phenols is 1. The summed E-state index contributed by atoms with van der Waals surface area (Å²) in [7, 11) is 0. The van der Waals surface area contributed by atoms with Crippen LogP contribution in [-0.2, 0) is 6.42 Å². The molecule has 0 aliphatic heterocycles. The third-order valence-electron chi connectivity index (χ3n) is 2.94. The molecule has 0 saturated heterocycles. The minimum absolute atomic E-state index is 0.209. The highest BCUT2D eigenvalue weighted by atomic mass is 79.9. The molecule has 4 nitrogen and oxygen atoms in total. The fourth-order valence-corrected chi connectivity index (χ4v) is 2.25. The molecule has 0 spiro atoms. The zero-order valence-corrected chi connectivity index (χ0v) is 12.3. The van der Waals surface area contributed by atoms with Gasteiger partial charge < -0.3 is 9.63 Å². The lowest BCUT2D eigenvalue weighted by molar-refractivity contribution is 0.385. The Hall–Kier alpha value is -2.21. The van der Waals surface area contributed by atoms with Crippen molar-refractivity contribution >= 4 is 15.9 Å². The van der Waals surface area contributed by atoms with Gasteiger partial charge in [0.25, 0.3) is 0 Å². The first-order chi connectivity index (χ1) is 10.1. The van der Waals surface area contributed by atoms with Crippen molar-refractivity contribution in [3.05, 3.63) is 64.2 Å². The van der Waals surface area contributed by atoms with Crippen molar-refractivity contribution in [3.8, 4) is 17.1 Å². The van der Waals surface area contributed by atoms with Crippen molar-refractivity contribution in [2.24, 2.45) is 0 Å². The van der Waals surface area contributed by atoms with E-state index >= 15 is 0 Å². The summed E-state index contributed by atoms with van der Waals surface area (Å²) in [5.74, 6) is 0.730. The molecule has 0 aliphatic rings. The Morgan fingerprint density at radius 2 is 1.90 bits per heavy atom. The highest BCUT2D eigenvalue weighted by molar-refractivity contribution is 9.10. The molecule has 0 radical (unpaired) electrons. The van der Waals surface area contributed by atoms with Crippen LogP contribution in [0.3, 0.4) is 0 Å². The smallest absolute Gasteiger partial charge is 0.231 e. The van der Waals surface area contributed by atoms with Crippen LogP contribution in [-0.4, -0.2) is 15.2 Å². The number of aromatic nitrogens is 2. The highest BCUT2D eigenvalue weighted by Gasteiger charge is 2.11. The fraction of sp³-hybridized carbons (Fsp3) is 0.0667. The standard InChI is InChI=1S/C15H10BrFN2O2/c16-12-8-10(3-6-13(12)17)15-18-14(21-19-15)7-9-1-4-11(20)5-2-9/h1-6,8,20H,7H2. The molecule has 106 valence electrons. The summed E-state index contributed by atoms with van der Waals surface area (Å²) in [5, 5.41) is 13.1. The van der Waals surface area contributed by atoms with Gasteiger partial charge in [0, 0.05) is 5.56 Å². The van der Waals surface area contributed by atoms with E-state index in [1.54, 1.807) is 36.4 Å². The first-order valence-corrected chi connectivity index (χ1v) is 6.97. The lowest BCUT2D eigenvalue weighted by Gasteiger charge is -1.97. The number of nitrogens with zero attached hydrogens (tertiary/aromatic N) is 2. The highest BCUT2D eigenvalue weighted by Crippen LogP contribution is 2.23. The summed E-state index contributed by atoms with van der Waals surface area (Å²) in [6.45, 7) is 0. The van der Waals surface area contributed by atoms with E-state index in [9.17, 15) is 9.50 Å². The zero-order chi connectivity index (χ0) is 14.8. The molecule has 1 N–H and O–H groups in total. The third kappa shape index (κ3) is 3.11. The number of hydrogen-bond acceptors (Lipinski definition) is 4. The minimum atomic E-state index is -0.341. The SMILES string of the molecule is Oc1ccc(Cc2nc(-c3ccc(F)c(Br)c3)no2)cc1. The number of aromatic hydroxyl groups is 1. The van der Waals surface area contributed by atoms with E-state index in [-0.39, 0.29) is 11.6 Å². The van der Waals surface area contributed by atoms with Crippen LogP contribution in [0.25, 0.3) is 11.4 Å². The van der Waals surface area contributed by atoms with Crippen LogP contribution in [0.4, 0.5) is 4.39 Å². The maximum Gasteiger partial charge on any atom is 0.231 e. The van der Waals surface area contributed by atoms with Gasteiger partial charge in [0.1, 0.15) is 11.6 Å². The quantitative estimate of drug-likeness (QED) is 0.778. The summed E-state index contributed by atoms with van der Waals surface area (Å²) in [4.78, 5) is 4.29. The Morgan fingerprint density at radius 1 is 1.14 bits per heavy atom. The average Bonchev–Trinajstić information content (AvgIpc) is 2.93. The molecule has 0 atom stereocenters. The first-order valence-electron chi connectivity index (χ1n) is 6.18. The predicted octanol–water partition coefficient (Wildman–Crippen LogP) is 3.93. The van der Waals surface area contributed by atoms with Crippen molar-refractivity contribution in [2.45, 2.75) is 6.42 Å². The van der Waals surface area contributed by atoms with Crippen molar-refractivity contribution < 1.29 is 14.0 Å². The lowest BCUT2D eigenvalue weighted by Crippen LogP contribution is -1.88. The fourth-order valence-electron chi connectivity index (χ4n) is 1.87. The molecule has 3 rings (SSSR count). The van der Waals surface area contributed by atoms with E-state index in [2.05, 4.69) is 26.1 Å². The third-order valence-corrected chi connectivity index (χ3v) is 3.55. The normalized spacial score (nSPS) is 10.8. The summed E-state index contributed by atoms with van der Waals surface area (Å²) in [6.07, 6.45) is 0.468. The monoisotopic (exact) mass is 348 g/mol. The molecular formula is C15H10BrFN2O2. The van der Waals surface area contributed by atoms with E-state index in [0.717, 1.165) is 5.56 Å². The Kier molecular flexibility index (Phi) is 3.70. The van der Waals surface area contributed by atoms with Gasteiger partial charge in [-0.15, -0.1) is 0 Å². The molecule has 0 amide bonds. The van der Waals surface area contributed by atoms with Crippen molar-refractivity contribution in [2.75, 3.05) is 0 Å². The number of phenolic OH excluding ortho intramolecular Hbond substituents is 1. The van der Waals surface area contributed by atoms with Gasteiger partial charge in [-0.25, -0.2) is 4.39 Å². The van der Waals surface area contributed by atoms with Gasteiger partial charge in [0.15, 0.2) is 0 Å². The van der Waals surface area contributed by atoms with E-state index in [1.165, 1.54) is 6.07 Å². The minimum Gasteiger partial charge on any atom is -0.508 e. The van der Waals surface area contributed by atoms with Crippen LogP contribution in [0.1, 0.15) is 11.5 Å². The van der Waals surface area contributed by atoms with Crippen LogP contribution in [0.15, 0.2) is 51.5 Å². The zero-order valence-electron chi connectivity index (χ0n) is 10.8. The first kappa shape index (κ1) is 13.8. The second-order valence-corrected chi connectivity index (χ2v) is 5.34. The van der Waals surface area contributed by atoms with Gasteiger partial charge in [-0.3, -0.25) is 0 Å². The average molecular weight is 349 g/mol. The molecule has 1 heterocycles. The summed E-state index contributed by atoms with van der Waals surface area (Å²) in [6, 6.07) is 11.3. The van der Waals surface area contributed by atoms with Crippen molar-refractivity contribution in [1.29, 1.82) is 0 Å². The Labute approximate surface area is 128 Å². The Bertz CT molecular complexity index is 772. The second kappa shape index (κ2) is 5.65. The van der Waals surface area contributed by atoms with Crippen LogP contribution in [0.2, 0.25) is 0 Å². The molecule has 0 saturated carbocycles. The number of benzene rings is 2. The molecule has 0 fully saturated rings. The summed E-state index contributed by atoms with van der Waals surface area (Å²) >= 11 is 3.13. The molecule has 0 aliphatic carbocycles. The van der Waals surface area contributed by atoms with E-state index in [1.807, 2.05) is 0 Å². The predicted molar refractivity (Wildman–Crippen MR) is 78.3 cm³/mol. The van der Waals surface area contributed by atoms with Crippen LogP contribution in [0.5, 0.6) is 5.75 Å². The molecule has 0 unspecified atom stereocenters. The summed E-state index contributed by atoms with van der Waals surface area (Å²) in [5.41, 5.74) is 1.62. The van der Waals surface area contributed by atoms with Crippen LogP contribution >= 0.6 is 15.9 Å². The van der Waals surface area contributed by atoms with Gasteiger partial charge in [-0.05, 0) is 51.8 Å². The molecular weight excluding hydrogens is 339 g/mol. The van der Waals surface area contributed by atoms with E-state index < -0.39 is 0 Å². The summed E-state index contributed by atoms with van der Waals surface area (Å²) < 4.78 is 18.8. The number of halogens is 2. The maximum atomic E-state index is 13.2.